The first kappa shape index (κ1) is 9.57. The van der Waals surface area contributed by atoms with Crippen LogP contribution in [0.15, 0.2) is 12.1 Å². The minimum Gasteiger partial charge on any atom is -0.493 e. The van der Waals surface area contributed by atoms with Gasteiger partial charge in [0.05, 0.1) is 6.61 Å². The topological polar surface area (TPSA) is 9.23 Å². The molecule has 1 aliphatic rings. The second kappa shape index (κ2) is 3.64. The normalized spacial score (nSPS) is 15.1. The molecule has 0 bridgehead atoms. The van der Waals surface area contributed by atoms with Crippen LogP contribution >= 0.6 is 0 Å². The molecular formula is C13H18O. The van der Waals surface area contributed by atoms with Crippen molar-refractivity contribution in [2.45, 2.75) is 39.5 Å². The first-order valence-electron chi connectivity index (χ1n) is 5.45. The molecule has 0 spiro atoms. The van der Waals surface area contributed by atoms with Crippen LogP contribution in [-0.4, -0.2) is 6.61 Å². The lowest BCUT2D eigenvalue weighted by molar-refractivity contribution is 0.283. The molecule has 1 aromatic rings. The summed E-state index contributed by atoms with van der Waals surface area (Å²) in [5, 5.41) is 0. The van der Waals surface area contributed by atoms with Crippen LogP contribution in [0.4, 0.5) is 0 Å². The average Bonchev–Trinajstić information content (AvgIpc) is 2.18. The minimum atomic E-state index is 0.558. The third-order valence-corrected chi connectivity index (χ3v) is 2.96. The molecule has 0 radical (unpaired) electrons. The molecule has 1 aliphatic heterocycles. The Morgan fingerprint density at radius 1 is 1.29 bits per heavy atom. The highest BCUT2D eigenvalue weighted by atomic mass is 16.5. The molecule has 0 amide bonds. The Kier molecular flexibility index (Phi) is 2.49. The van der Waals surface area contributed by atoms with Crippen molar-refractivity contribution < 1.29 is 4.74 Å². The fourth-order valence-corrected chi connectivity index (χ4v) is 2.10. The highest BCUT2D eigenvalue weighted by Gasteiger charge is 2.17. The molecule has 0 aliphatic carbocycles. The van der Waals surface area contributed by atoms with Crippen molar-refractivity contribution in [2.24, 2.45) is 0 Å². The predicted octanol–water partition coefficient (Wildman–Crippen LogP) is 3.44. The van der Waals surface area contributed by atoms with Gasteiger partial charge in [0.15, 0.2) is 0 Å². The van der Waals surface area contributed by atoms with Gasteiger partial charge in [-0.05, 0) is 42.4 Å². The number of fused-ring (bicyclic) bond motifs is 1. The highest BCUT2D eigenvalue weighted by Crippen LogP contribution is 2.35. The highest BCUT2D eigenvalue weighted by molar-refractivity contribution is 5.48. The first-order chi connectivity index (χ1) is 6.70. The minimum absolute atomic E-state index is 0.558. The average molecular weight is 190 g/mol. The van der Waals surface area contributed by atoms with E-state index in [0.29, 0.717) is 5.92 Å². The zero-order chi connectivity index (χ0) is 10.1. The molecule has 1 nitrogen and oxygen atoms in total. The summed E-state index contributed by atoms with van der Waals surface area (Å²) in [5.41, 5.74) is 4.18. The van der Waals surface area contributed by atoms with Gasteiger partial charge in [-0.1, -0.05) is 26.0 Å². The number of aryl methyl sites for hydroxylation is 1. The molecule has 0 saturated heterocycles. The van der Waals surface area contributed by atoms with Gasteiger partial charge >= 0.3 is 0 Å². The Labute approximate surface area is 86.1 Å². The first-order valence-corrected chi connectivity index (χ1v) is 5.45. The predicted molar refractivity (Wildman–Crippen MR) is 59.1 cm³/mol. The van der Waals surface area contributed by atoms with Crippen molar-refractivity contribution in [3.8, 4) is 5.75 Å². The van der Waals surface area contributed by atoms with Crippen LogP contribution in [0.3, 0.4) is 0 Å². The van der Waals surface area contributed by atoms with Crippen molar-refractivity contribution in [2.75, 3.05) is 6.61 Å². The molecular weight excluding hydrogens is 172 g/mol. The fourth-order valence-electron chi connectivity index (χ4n) is 2.10. The molecule has 0 N–H and O–H groups in total. The number of ether oxygens (including phenoxy) is 1. The Morgan fingerprint density at radius 3 is 2.79 bits per heavy atom. The molecule has 0 unspecified atom stereocenters. The maximum atomic E-state index is 5.80. The molecule has 0 aromatic heterocycles. The Bertz CT molecular complexity index is 339. The van der Waals surface area contributed by atoms with Crippen LogP contribution in [0.1, 0.15) is 42.9 Å². The summed E-state index contributed by atoms with van der Waals surface area (Å²) < 4.78 is 5.80. The van der Waals surface area contributed by atoms with E-state index >= 15 is 0 Å². The van der Waals surface area contributed by atoms with Crippen LogP contribution in [-0.2, 0) is 6.42 Å². The van der Waals surface area contributed by atoms with E-state index in [1.54, 1.807) is 0 Å². The van der Waals surface area contributed by atoms with Gasteiger partial charge in [-0.3, -0.25) is 0 Å². The maximum Gasteiger partial charge on any atom is 0.126 e. The van der Waals surface area contributed by atoms with Gasteiger partial charge in [0.1, 0.15) is 5.75 Å². The smallest absolute Gasteiger partial charge is 0.126 e. The fraction of sp³-hybridized carbons (Fsp3) is 0.538. The van der Waals surface area contributed by atoms with Crippen molar-refractivity contribution in [3.05, 3.63) is 28.8 Å². The monoisotopic (exact) mass is 190 g/mol. The molecule has 1 aromatic carbocycles. The number of hydrogen-bond donors (Lipinski definition) is 0. The van der Waals surface area contributed by atoms with Gasteiger partial charge in [0, 0.05) is 0 Å². The lowest BCUT2D eigenvalue weighted by Gasteiger charge is -2.23. The van der Waals surface area contributed by atoms with E-state index < -0.39 is 0 Å². The number of benzene rings is 1. The van der Waals surface area contributed by atoms with Crippen LogP contribution in [0.25, 0.3) is 0 Å². The van der Waals surface area contributed by atoms with Crippen LogP contribution in [0.2, 0.25) is 0 Å². The second-order valence-electron chi connectivity index (χ2n) is 4.39. The van der Waals surface area contributed by atoms with Gasteiger partial charge in [-0.15, -0.1) is 0 Å². The van der Waals surface area contributed by atoms with E-state index in [1.165, 1.54) is 28.9 Å². The van der Waals surface area contributed by atoms with Crippen LogP contribution in [0, 0.1) is 6.92 Å². The van der Waals surface area contributed by atoms with Crippen molar-refractivity contribution in [3.63, 3.8) is 0 Å². The van der Waals surface area contributed by atoms with Crippen molar-refractivity contribution in [1.29, 1.82) is 0 Å². The lowest BCUT2D eigenvalue weighted by Crippen LogP contribution is -2.12. The molecule has 0 atom stereocenters. The zero-order valence-corrected chi connectivity index (χ0v) is 9.26. The Morgan fingerprint density at radius 2 is 2.07 bits per heavy atom. The van der Waals surface area contributed by atoms with E-state index in [1.807, 2.05) is 0 Å². The largest absolute Gasteiger partial charge is 0.493 e. The SMILES string of the molecule is Cc1ccc(C(C)C)c2c1CCCO2. The third kappa shape index (κ3) is 1.52. The lowest BCUT2D eigenvalue weighted by atomic mass is 9.92. The molecule has 1 heteroatoms. The molecule has 1 heterocycles. The summed E-state index contributed by atoms with van der Waals surface area (Å²) in [6, 6.07) is 4.44. The summed E-state index contributed by atoms with van der Waals surface area (Å²) in [7, 11) is 0. The molecule has 14 heavy (non-hydrogen) atoms. The summed E-state index contributed by atoms with van der Waals surface area (Å²) in [6.07, 6.45) is 2.34. The van der Waals surface area contributed by atoms with E-state index in [-0.39, 0.29) is 0 Å². The molecule has 0 fully saturated rings. The second-order valence-corrected chi connectivity index (χ2v) is 4.39. The van der Waals surface area contributed by atoms with E-state index in [0.717, 1.165) is 13.0 Å². The standard InChI is InChI=1S/C13H18O/c1-9(2)11-7-6-10(3)12-5-4-8-14-13(11)12/h6-7,9H,4-5,8H2,1-3H3. The maximum absolute atomic E-state index is 5.80. The summed E-state index contributed by atoms with van der Waals surface area (Å²) in [4.78, 5) is 0. The number of rotatable bonds is 1. The van der Waals surface area contributed by atoms with Gasteiger partial charge in [0.25, 0.3) is 0 Å². The van der Waals surface area contributed by atoms with Crippen molar-refractivity contribution in [1.82, 2.24) is 0 Å². The van der Waals surface area contributed by atoms with Crippen molar-refractivity contribution >= 4 is 0 Å². The van der Waals surface area contributed by atoms with E-state index in [2.05, 4.69) is 32.9 Å². The van der Waals surface area contributed by atoms with Gasteiger partial charge in [-0.2, -0.15) is 0 Å². The van der Waals surface area contributed by atoms with Crippen LogP contribution in [0.5, 0.6) is 5.75 Å². The van der Waals surface area contributed by atoms with E-state index in [4.69, 9.17) is 4.74 Å². The van der Waals surface area contributed by atoms with Crippen LogP contribution < -0.4 is 4.74 Å². The third-order valence-electron chi connectivity index (χ3n) is 2.96. The van der Waals surface area contributed by atoms with Gasteiger partial charge in [0.2, 0.25) is 0 Å². The molecule has 76 valence electrons. The summed E-state index contributed by atoms with van der Waals surface area (Å²) >= 11 is 0. The summed E-state index contributed by atoms with van der Waals surface area (Å²) in [6.45, 7) is 7.51. The molecule has 2 rings (SSSR count). The zero-order valence-electron chi connectivity index (χ0n) is 9.26. The van der Waals surface area contributed by atoms with Gasteiger partial charge < -0.3 is 4.74 Å². The summed E-state index contributed by atoms with van der Waals surface area (Å²) in [5.74, 6) is 1.73. The Hall–Kier alpha value is -0.980. The molecule has 0 saturated carbocycles. The van der Waals surface area contributed by atoms with Gasteiger partial charge in [-0.25, -0.2) is 0 Å². The quantitative estimate of drug-likeness (QED) is 0.659. The number of hydrogen-bond acceptors (Lipinski definition) is 1. The Balaban J connectivity index is 2.53. The van der Waals surface area contributed by atoms with E-state index in [9.17, 15) is 0 Å².